The van der Waals surface area contributed by atoms with E-state index in [2.05, 4.69) is 29.5 Å². The van der Waals surface area contributed by atoms with Gasteiger partial charge in [0.05, 0.1) is 18.3 Å². The molecule has 0 spiro atoms. The van der Waals surface area contributed by atoms with Crippen LogP contribution in [0.1, 0.15) is 73.5 Å². The topological polar surface area (TPSA) is 76.5 Å². The Balaban J connectivity index is 1.76. The zero-order chi connectivity index (χ0) is 22.1. The largest absolute Gasteiger partial charge is 0.444 e. The van der Waals surface area contributed by atoms with E-state index in [4.69, 9.17) is 4.74 Å². The van der Waals surface area contributed by atoms with Crippen LogP contribution in [0.4, 0.5) is 4.79 Å². The summed E-state index contributed by atoms with van der Waals surface area (Å²) in [6, 6.07) is 8.13. The molecule has 0 fully saturated rings. The summed E-state index contributed by atoms with van der Waals surface area (Å²) in [6.07, 6.45) is 1.22. The molecule has 2 aromatic rings. The fourth-order valence-electron chi connectivity index (χ4n) is 3.66. The Morgan fingerprint density at radius 3 is 2.50 bits per heavy atom. The van der Waals surface area contributed by atoms with Crippen molar-refractivity contribution in [2.24, 2.45) is 7.05 Å². The van der Waals surface area contributed by atoms with E-state index in [9.17, 15) is 9.59 Å². The third-order valence-electron chi connectivity index (χ3n) is 5.30. The molecule has 1 N–H and O–H groups in total. The summed E-state index contributed by atoms with van der Waals surface area (Å²) in [5.74, 6) is -0.190. The van der Waals surface area contributed by atoms with E-state index in [-0.39, 0.29) is 18.0 Å². The van der Waals surface area contributed by atoms with Gasteiger partial charge in [-0.3, -0.25) is 9.48 Å². The van der Waals surface area contributed by atoms with Crippen LogP contribution in [0.15, 0.2) is 24.3 Å². The molecule has 1 aromatic carbocycles. The summed E-state index contributed by atoms with van der Waals surface area (Å²) < 4.78 is 7.12. The molecule has 1 atom stereocenters. The van der Waals surface area contributed by atoms with Gasteiger partial charge >= 0.3 is 6.09 Å². The lowest BCUT2D eigenvalue weighted by atomic mass is 10.0. The van der Waals surface area contributed by atoms with Crippen LogP contribution in [0.2, 0.25) is 0 Å². The van der Waals surface area contributed by atoms with Crippen molar-refractivity contribution in [2.75, 3.05) is 6.54 Å². The monoisotopic (exact) mass is 412 g/mol. The Labute approximate surface area is 178 Å². The van der Waals surface area contributed by atoms with Crippen molar-refractivity contribution in [2.45, 2.75) is 65.6 Å². The first-order valence-corrected chi connectivity index (χ1v) is 10.5. The van der Waals surface area contributed by atoms with Gasteiger partial charge in [0.25, 0.3) is 5.91 Å². The molecule has 7 nitrogen and oxygen atoms in total. The molecule has 2 heterocycles. The Morgan fingerprint density at radius 1 is 1.23 bits per heavy atom. The second kappa shape index (κ2) is 8.50. The number of aromatic nitrogens is 2. The highest BCUT2D eigenvalue weighted by atomic mass is 16.6. The second-order valence-electron chi connectivity index (χ2n) is 8.84. The fourth-order valence-corrected chi connectivity index (χ4v) is 3.66. The highest BCUT2D eigenvalue weighted by Gasteiger charge is 2.31. The smallest absolute Gasteiger partial charge is 0.410 e. The lowest BCUT2D eigenvalue weighted by molar-refractivity contribution is 0.0222. The molecule has 2 amide bonds. The third kappa shape index (κ3) is 4.83. The number of ether oxygens (including phenoxy) is 1. The molecule has 30 heavy (non-hydrogen) atoms. The molecular weight excluding hydrogens is 380 g/mol. The number of amides is 2. The Kier molecular flexibility index (Phi) is 6.19. The highest BCUT2D eigenvalue weighted by Crippen LogP contribution is 2.24. The standard InChI is InChI=1S/C23H32N4O3/c1-7-16-8-10-17(11-9-16)15(2)24-21(28)20-18-14-27(22(29)30-23(3,4)5)13-12-19(18)25-26(20)6/h8-11,15H,7,12-14H2,1-6H3,(H,24,28). The van der Waals surface area contributed by atoms with Gasteiger partial charge in [0.2, 0.25) is 0 Å². The normalized spacial score (nSPS) is 14.8. The lowest BCUT2D eigenvalue weighted by Crippen LogP contribution is -2.40. The number of rotatable bonds is 4. The predicted octanol–water partition coefficient (Wildman–Crippen LogP) is 3.77. The summed E-state index contributed by atoms with van der Waals surface area (Å²) in [5, 5.41) is 7.60. The van der Waals surface area contributed by atoms with Gasteiger partial charge in [-0.1, -0.05) is 31.2 Å². The van der Waals surface area contributed by atoms with E-state index >= 15 is 0 Å². The quantitative estimate of drug-likeness (QED) is 0.829. The molecule has 0 bridgehead atoms. The van der Waals surface area contributed by atoms with Gasteiger partial charge < -0.3 is 15.0 Å². The van der Waals surface area contributed by atoms with E-state index in [1.165, 1.54) is 5.56 Å². The summed E-state index contributed by atoms with van der Waals surface area (Å²) in [6.45, 7) is 10.5. The van der Waals surface area contributed by atoms with Gasteiger partial charge in [0, 0.05) is 25.6 Å². The summed E-state index contributed by atoms with van der Waals surface area (Å²) >= 11 is 0. The molecular formula is C23H32N4O3. The number of benzene rings is 1. The van der Waals surface area contributed by atoms with Crippen molar-refractivity contribution in [1.82, 2.24) is 20.0 Å². The van der Waals surface area contributed by atoms with Crippen molar-refractivity contribution in [3.8, 4) is 0 Å². The van der Waals surface area contributed by atoms with Gasteiger partial charge in [-0.05, 0) is 45.2 Å². The number of nitrogens with zero attached hydrogens (tertiary/aromatic N) is 3. The van der Waals surface area contributed by atoms with Crippen molar-refractivity contribution in [1.29, 1.82) is 0 Å². The first-order chi connectivity index (χ1) is 14.1. The average molecular weight is 413 g/mol. The number of carbonyl (C=O) groups is 2. The van der Waals surface area contributed by atoms with E-state index < -0.39 is 5.60 Å². The molecule has 1 aliphatic heterocycles. The maximum Gasteiger partial charge on any atom is 0.410 e. The Morgan fingerprint density at radius 2 is 1.90 bits per heavy atom. The Hall–Kier alpha value is -2.83. The van der Waals surface area contributed by atoms with Crippen LogP contribution in [0, 0.1) is 0 Å². The van der Waals surface area contributed by atoms with Crippen molar-refractivity contribution >= 4 is 12.0 Å². The highest BCUT2D eigenvalue weighted by molar-refractivity contribution is 5.94. The van der Waals surface area contributed by atoms with Crippen LogP contribution in [-0.2, 0) is 31.2 Å². The molecule has 1 aliphatic rings. The third-order valence-corrected chi connectivity index (χ3v) is 5.30. The molecule has 0 aliphatic carbocycles. The van der Waals surface area contributed by atoms with Crippen LogP contribution < -0.4 is 5.32 Å². The molecule has 1 aromatic heterocycles. The maximum absolute atomic E-state index is 13.1. The predicted molar refractivity (Wildman–Crippen MR) is 115 cm³/mol. The minimum atomic E-state index is -0.560. The number of hydrogen-bond acceptors (Lipinski definition) is 4. The molecule has 0 saturated heterocycles. The number of carbonyl (C=O) groups excluding carboxylic acids is 2. The van der Waals surface area contributed by atoms with Gasteiger partial charge in [-0.2, -0.15) is 5.10 Å². The molecule has 0 radical (unpaired) electrons. The van der Waals surface area contributed by atoms with Crippen LogP contribution in [-0.4, -0.2) is 38.8 Å². The maximum atomic E-state index is 13.1. The minimum Gasteiger partial charge on any atom is -0.444 e. The van der Waals surface area contributed by atoms with Crippen LogP contribution in [0.3, 0.4) is 0 Å². The van der Waals surface area contributed by atoms with Gasteiger partial charge in [0.1, 0.15) is 11.3 Å². The number of fused-ring (bicyclic) bond motifs is 1. The summed E-state index contributed by atoms with van der Waals surface area (Å²) in [4.78, 5) is 27.2. The molecule has 162 valence electrons. The first-order valence-electron chi connectivity index (χ1n) is 10.5. The zero-order valence-electron chi connectivity index (χ0n) is 18.8. The fraction of sp³-hybridized carbons (Fsp3) is 0.522. The van der Waals surface area contributed by atoms with E-state index in [0.717, 1.165) is 23.2 Å². The zero-order valence-corrected chi connectivity index (χ0v) is 18.8. The average Bonchev–Trinajstić information content (AvgIpc) is 3.01. The molecule has 0 saturated carbocycles. The van der Waals surface area contributed by atoms with Crippen LogP contribution in [0.5, 0.6) is 0 Å². The van der Waals surface area contributed by atoms with Crippen molar-refractivity contribution in [3.63, 3.8) is 0 Å². The SMILES string of the molecule is CCc1ccc(C(C)NC(=O)c2c3c(nn2C)CCN(C(=O)OC(C)(C)C)C3)cc1. The van der Waals surface area contributed by atoms with Gasteiger partial charge in [0.15, 0.2) is 0 Å². The molecule has 3 rings (SSSR count). The van der Waals surface area contributed by atoms with Crippen LogP contribution in [0.25, 0.3) is 0 Å². The van der Waals surface area contributed by atoms with E-state index in [1.807, 2.05) is 39.8 Å². The van der Waals surface area contributed by atoms with Crippen molar-refractivity contribution in [3.05, 3.63) is 52.3 Å². The van der Waals surface area contributed by atoms with Gasteiger partial charge in [-0.15, -0.1) is 0 Å². The van der Waals surface area contributed by atoms with E-state index in [0.29, 0.717) is 25.2 Å². The minimum absolute atomic E-state index is 0.139. The lowest BCUT2D eigenvalue weighted by Gasteiger charge is -2.30. The first kappa shape index (κ1) is 21.9. The molecule has 7 heteroatoms. The summed E-state index contributed by atoms with van der Waals surface area (Å²) in [5.41, 5.74) is 3.90. The van der Waals surface area contributed by atoms with E-state index in [1.54, 1.807) is 16.6 Å². The second-order valence-corrected chi connectivity index (χ2v) is 8.84. The Bertz CT molecular complexity index is 925. The number of aryl methyl sites for hydroxylation is 2. The molecule has 1 unspecified atom stereocenters. The summed E-state index contributed by atoms with van der Waals surface area (Å²) in [7, 11) is 1.77. The van der Waals surface area contributed by atoms with Crippen molar-refractivity contribution < 1.29 is 14.3 Å². The number of nitrogens with one attached hydrogen (secondary N) is 1. The number of hydrogen-bond donors (Lipinski definition) is 1. The van der Waals surface area contributed by atoms with Gasteiger partial charge in [-0.25, -0.2) is 4.79 Å². The van der Waals surface area contributed by atoms with Crippen LogP contribution >= 0.6 is 0 Å².